The first-order chi connectivity index (χ1) is 11.5. The second kappa shape index (κ2) is 12.8. The highest BCUT2D eigenvalue weighted by molar-refractivity contribution is 14.0. The Morgan fingerprint density at radius 2 is 1.96 bits per heavy atom. The van der Waals surface area contributed by atoms with Crippen LogP contribution in [0.25, 0.3) is 0 Å². The summed E-state index contributed by atoms with van der Waals surface area (Å²) >= 11 is 0. The number of rotatable bonds is 8. The number of hydrogen-bond acceptors (Lipinski definition) is 3. The molecule has 7 heteroatoms. The van der Waals surface area contributed by atoms with Gasteiger partial charge in [-0.2, -0.15) is 0 Å². The third-order valence-corrected chi connectivity index (χ3v) is 3.49. The molecular weight excluding hydrogens is 431 g/mol. The molecule has 0 radical (unpaired) electrons. The van der Waals surface area contributed by atoms with Crippen LogP contribution in [0.4, 0.5) is 0 Å². The molecule has 0 fully saturated rings. The maximum atomic E-state index is 11.6. The predicted molar refractivity (Wildman–Crippen MR) is 114 cm³/mol. The molecule has 0 aliphatic rings. The molecular formula is C18H31IN4O2. The number of halogens is 1. The zero-order valence-corrected chi connectivity index (χ0v) is 18.2. The van der Waals surface area contributed by atoms with Gasteiger partial charge in [-0.05, 0) is 13.0 Å². The van der Waals surface area contributed by atoms with Crippen molar-refractivity contribution in [1.29, 1.82) is 0 Å². The van der Waals surface area contributed by atoms with Gasteiger partial charge in [0.05, 0.1) is 13.7 Å². The van der Waals surface area contributed by atoms with Crippen molar-refractivity contribution >= 4 is 35.8 Å². The van der Waals surface area contributed by atoms with Gasteiger partial charge in [0.25, 0.3) is 0 Å². The van der Waals surface area contributed by atoms with Gasteiger partial charge >= 0.3 is 0 Å². The first-order valence-electron chi connectivity index (χ1n) is 8.38. The van der Waals surface area contributed by atoms with Crippen molar-refractivity contribution in [2.75, 3.05) is 33.8 Å². The summed E-state index contributed by atoms with van der Waals surface area (Å²) in [4.78, 5) is 18.2. The standard InChI is InChI=1S/C18H30N4O2.HI/c1-6-19-18(21-12-11-20-17(23)14(2)3)22(4)13-15-9-7-8-10-16(15)24-5;/h7-10,14H,6,11-13H2,1-5H3,(H,19,21)(H,20,23);1H. The fourth-order valence-electron chi connectivity index (χ4n) is 2.18. The highest BCUT2D eigenvalue weighted by atomic mass is 127. The fourth-order valence-corrected chi connectivity index (χ4v) is 2.18. The van der Waals surface area contributed by atoms with Gasteiger partial charge in [0.1, 0.15) is 5.75 Å². The number of methoxy groups -OCH3 is 1. The van der Waals surface area contributed by atoms with E-state index in [4.69, 9.17) is 4.74 Å². The number of aliphatic imine (C=N–C) groups is 1. The van der Waals surface area contributed by atoms with E-state index in [1.165, 1.54) is 0 Å². The smallest absolute Gasteiger partial charge is 0.222 e. The maximum Gasteiger partial charge on any atom is 0.222 e. The summed E-state index contributed by atoms with van der Waals surface area (Å²) in [5, 5.41) is 6.15. The van der Waals surface area contributed by atoms with Crippen molar-refractivity contribution in [3.63, 3.8) is 0 Å². The molecule has 2 N–H and O–H groups in total. The molecule has 1 aromatic carbocycles. The molecule has 0 aromatic heterocycles. The maximum absolute atomic E-state index is 11.6. The van der Waals surface area contributed by atoms with Gasteiger partial charge in [-0.3, -0.25) is 9.79 Å². The van der Waals surface area contributed by atoms with Gasteiger partial charge in [-0.1, -0.05) is 32.0 Å². The molecule has 0 bridgehead atoms. The summed E-state index contributed by atoms with van der Waals surface area (Å²) in [6.07, 6.45) is 0. The molecule has 0 spiro atoms. The summed E-state index contributed by atoms with van der Waals surface area (Å²) < 4.78 is 5.40. The van der Waals surface area contributed by atoms with Gasteiger partial charge in [0.15, 0.2) is 5.96 Å². The molecule has 0 atom stereocenters. The Balaban J connectivity index is 0.00000576. The Bertz CT molecular complexity index is 550. The van der Waals surface area contributed by atoms with Crippen LogP contribution in [-0.4, -0.2) is 50.6 Å². The van der Waals surface area contributed by atoms with Crippen molar-refractivity contribution < 1.29 is 9.53 Å². The van der Waals surface area contributed by atoms with E-state index in [1.54, 1.807) is 7.11 Å². The van der Waals surface area contributed by atoms with Crippen LogP contribution < -0.4 is 15.4 Å². The molecule has 0 heterocycles. The Hall–Kier alpha value is -1.51. The number of para-hydroxylation sites is 1. The lowest BCUT2D eigenvalue weighted by molar-refractivity contribution is -0.123. The summed E-state index contributed by atoms with van der Waals surface area (Å²) in [5.41, 5.74) is 1.10. The average Bonchev–Trinajstić information content (AvgIpc) is 2.57. The van der Waals surface area contributed by atoms with Crippen molar-refractivity contribution in [3.8, 4) is 5.75 Å². The highest BCUT2D eigenvalue weighted by Gasteiger charge is 2.10. The Kier molecular flexibility index (Phi) is 12.0. The molecule has 1 amide bonds. The minimum absolute atomic E-state index is 0. The first kappa shape index (κ1) is 23.5. The summed E-state index contributed by atoms with van der Waals surface area (Å²) in [6.45, 7) is 8.34. The van der Waals surface area contributed by atoms with Gasteiger partial charge in [0.2, 0.25) is 5.91 Å². The molecule has 0 aliphatic carbocycles. The topological polar surface area (TPSA) is 66.0 Å². The lowest BCUT2D eigenvalue weighted by Gasteiger charge is -2.23. The van der Waals surface area contributed by atoms with Gasteiger partial charge < -0.3 is 20.3 Å². The van der Waals surface area contributed by atoms with Crippen molar-refractivity contribution in [3.05, 3.63) is 29.8 Å². The third-order valence-electron chi connectivity index (χ3n) is 3.49. The second-order valence-corrected chi connectivity index (χ2v) is 5.85. The van der Waals surface area contributed by atoms with Crippen LogP contribution in [0.1, 0.15) is 26.3 Å². The number of ether oxygens (including phenoxy) is 1. The summed E-state index contributed by atoms with van der Waals surface area (Å²) in [7, 11) is 3.66. The average molecular weight is 462 g/mol. The minimum Gasteiger partial charge on any atom is -0.496 e. The molecule has 6 nitrogen and oxygen atoms in total. The third kappa shape index (κ3) is 8.42. The first-order valence-corrected chi connectivity index (χ1v) is 8.38. The van der Waals surface area contributed by atoms with E-state index >= 15 is 0 Å². The molecule has 1 rings (SSSR count). The zero-order chi connectivity index (χ0) is 17.9. The second-order valence-electron chi connectivity index (χ2n) is 5.85. The van der Waals surface area contributed by atoms with E-state index in [1.807, 2.05) is 57.0 Å². The van der Waals surface area contributed by atoms with E-state index < -0.39 is 0 Å². The van der Waals surface area contributed by atoms with Crippen molar-refractivity contribution in [2.24, 2.45) is 10.9 Å². The number of carbonyl (C=O) groups is 1. The molecule has 0 saturated carbocycles. The number of benzene rings is 1. The van der Waals surface area contributed by atoms with Crippen LogP contribution in [0, 0.1) is 5.92 Å². The quantitative estimate of drug-likeness (QED) is 0.270. The van der Waals surface area contributed by atoms with Crippen molar-refractivity contribution in [2.45, 2.75) is 27.3 Å². The van der Waals surface area contributed by atoms with E-state index in [0.717, 1.165) is 23.8 Å². The normalized spacial score (nSPS) is 10.9. The summed E-state index contributed by atoms with van der Waals surface area (Å²) in [5.74, 6) is 1.72. The highest BCUT2D eigenvalue weighted by Crippen LogP contribution is 2.18. The Morgan fingerprint density at radius 3 is 2.56 bits per heavy atom. The number of guanidine groups is 1. The number of nitrogens with zero attached hydrogens (tertiary/aromatic N) is 2. The van der Waals surface area contributed by atoms with E-state index in [9.17, 15) is 4.79 Å². The number of nitrogens with one attached hydrogen (secondary N) is 2. The van der Waals surface area contributed by atoms with Gasteiger partial charge in [-0.25, -0.2) is 0 Å². The van der Waals surface area contributed by atoms with Crippen molar-refractivity contribution in [1.82, 2.24) is 15.5 Å². The Labute approximate surface area is 168 Å². The molecule has 0 unspecified atom stereocenters. The van der Waals surface area contributed by atoms with Crippen LogP contribution in [0.5, 0.6) is 5.75 Å². The van der Waals surface area contributed by atoms with Crippen LogP contribution >= 0.6 is 24.0 Å². The van der Waals surface area contributed by atoms with Crippen LogP contribution in [0.2, 0.25) is 0 Å². The van der Waals surface area contributed by atoms with Crippen LogP contribution in [0.3, 0.4) is 0 Å². The molecule has 25 heavy (non-hydrogen) atoms. The van der Waals surface area contributed by atoms with Crippen LogP contribution in [-0.2, 0) is 11.3 Å². The van der Waals surface area contributed by atoms with E-state index in [-0.39, 0.29) is 35.8 Å². The lowest BCUT2D eigenvalue weighted by atomic mass is 10.2. The molecule has 1 aromatic rings. The fraction of sp³-hybridized carbons (Fsp3) is 0.556. The lowest BCUT2D eigenvalue weighted by Crippen LogP contribution is -2.39. The minimum atomic E-state index is -0.00423. The van der Waals surface area contributed by atoms with Gasteiger partial charge in [0, 0.05) is 38.2 Å². The number of hydrogen-bond donors (Lipinski definition) is 2. The monoisotopic (exact) mass is 462 g/mol. The largest absolute Gasteiger partial charge is 0.496 e. The van der Waals surface area contributed by atoms with E-state index in [2.05, 4.69) is 15.6 Å². The summed E-state index contributed by atoms with van der Waals surface area (Å²) in [6, 6.07) is 7.95. The molecule has 142 valence electrons. The predicted octanol–water partition coefficient (Wildman–Crippen LogP) is 2.48. The number of carbonyl (C=O) groups excluding carboxylic acids is 1. The SMILES string of the molecule is CCNC(=NCCNC(=O)C(C)C)N(C)Cc1ccccc1OC.I. The van der Waals surface area contributed by atoms with Crippen LogP contribution in [0.15, 0.2) is 29.3 Å². The van der Waals surface area contributed by atoms with E-state index in [0.29, 0.717) is 19.6 Å². The number of amides is 1. The zero-order valence-electron chi connectivity index (χ0n) is 15.8. The molecule has 0 saturated heterocycles. The van der Waals surface area contributed by atoms with Gasteiger partial charge in [-0.15, -0.1) is 24.0 Å². The Morgan fingerprint density at radius 1 is 1.28 bits per heavy atom. The molecule has 0 aliphatic heterocycles.